The predicted molar refractivity (Wildman–Crippen MR) is 114 cm³/mol. The van der Waals surface area contributed by atoms with E-state index < -0.39 is 0 Å². The molecule has 2 aromatic rings. The van der Waals surface area contributed by atoms with E-state index in [1.54, 1.807) is 12.2 Å². The van der Waals surface area contributed by atoms with Gasteiger partial charge in [0.15, 0.2) is 0 Å². The molecular formula is C18H21ClN8. The fourth-order valence-corrected chi connectivity index (χ4v) is 1.97. The van der Waals surface area contributed by atoms with Crippen molar-refractivity contribution in [2.45, 2.75) is 0 Å². The highest BCUT2D eigenvalue weighted by Gasteiger charge is 2.03. The van der Waals surface area contributed by atoms with Gasteiger partial charge in [0.25, 0.3) is 0 Å². The molecule has 0 aliphatic rings. The van der Waals surface area contributed by atoms with Gasteiger partial charge in [0.2, 0.25) is 11.9 Å². The van der Waals surface area contributed by atoms with E-state index in [4.69, 9.17) is 22.9 Å². The summed E-state index contributed by atoms with van der Waals surface area (Å²) < 4.78 is 0. The summed E-state index contributed by atoms with van der Waals surface area (Å²) in [6.07, 6.45) is 3.46. The standard InChI is InChI=1S/C18H20N8.ClH/c19-17(20)25-23-15(13-7-3-1-4-8-13)11-12-16(24-26-18(21)22)14-9-5-2-6-10-14;/h1-12H,(H4,19,20,25)(H4,21,22,26);1H/b12-11+,23-15+,24-16+;. The molecule has 0 aliphatic heterocycles. The van der Waals surface area contributed by atoms with Crippen LogP contribution in [0.2, 0.25) is 0 Å². The molecular weight excluding hydrogens is 364 g/mol. The Kier molecular flexibility index (Phi) is 8.76. The summed E-state index contributed by atoms with van der Waals surface area (Å²) in [5, 5.41) is 15.6. The predicted octanol–water partition coefficient (Wildman–Crippen LogP) is 1.32. The fourth-order valence-electron chi connectivity index (χ4n) is 1.97. The Morgan fingerprint density at radius 1 is 0.556 bits per heavy atom. The van der Waals surface area contributed by atoms with Crippen LogP contribution < -0.4 is 22.9 Å². The smallest absolute Gasteiger partial charge is 0.211 e. The Bertz CT molecular complexity index is 789. The maximum absolute atomic E-state index is 5.37. The van der Waals surface area contributed by atoms with Gasteiger partial charge in [-0.05, 0) is 12.2 Å². The summed E-state index contributed by atoms with van der Waals surface area (Å²) in [5.74, 6) is -0.270. The first-order chi connectivity index (χ1) is 12.6. The van der Waals surface area contributed by atoms with Crippen molar-refractivity contribution in [1.29, 1.82) is 0 Å². The Morgan fingerprint density at radius 2 is 0.889 bits per heavy atom. The number of benzene rings is 2. The molecule has 0 radical (unpaired) electrons. The fraction of sp³-hybridized carbons (Fsp3) is 0. The van der Waals surface area contributed by atoms with Crippen LogP contribution in [0, 0.1) is 0 Å². The molecule has 0 saturated carbocycles. The SMILES string of the molecule is Cl.NC(N)=N\N=C(/C=C/C(=N\N=C(N)N)c1ccccc1)c1ccccc1. The van der Waals surface area contributed by atoms with Crippen LogP contribution in [0.15, 0.2) is 93.2 Å². The van der Waals surface area contributed by atoms with E-state index in [2.05, 4.69) is 20.4 Å². The van der Waals surface area contributed by atoms with E-state index in [9.17, 15) is 0 Å². The van der Waals surface area contributed by atoms with Gasteiger partial charge in [-0.3, -0.25) is 0 Å². The number of hydrogen-bond acceptors (Lipinski definition) is 4. The summed E-state index contributed by atoms with van der Waals surface area (Å²) in [5.41, 5.74) is 24.3. The number of allylic oxidation sites excluding steroid dienone is 2. The third-order valence-electron chi connectivity index (χ3n) is 3.08. The minimum atomic E-state index is -0.135. The van der Waals surface area contributed by atoms with E-state index >= 15 is 0 Å². The van der Waals surface area contributed by atoms with Crippen molar-refractivity contribution in [3.63, 3.8) is 0 Å². The Morgan fingerprint density at radius 3 is 1.19 bits per heavy atom. The first kappa shape index (κ1) is 21.4. The summed E-state index contributed by atoms with van der Waals surface area (Å²) >= 11 is 0. The molecule has 0 atom stereocenters. The summed E-state index contributed by atoms with van der Waals surface area (Å²) in [6, 6.07) is 18.9. The van der Waals surface area contributed by atoms with Crippen molar-refractivity contribution in [3.05, 3.63) is 83.9 Å². The van der Waals surface area contributed by atoms with Crippen molar-refractivity contribution >= 4 is 35.7 Å². The third kappa shape index (κ3) is 7.41. The number of rotatable bonds is 6. The number of guanidine groups is 2. The van der Waals surface area contributed by atoms with E-state index in [0.717, 1.165) is 11.1 Å². The van der Waals surface area contributed by atoms with Crippen molar-refractivity contribution < 1.29 is 0 Å². The van der Waals surface area contributed by atoms with Gasteiger partial charge < -0.3 is 22.9 Å². The molecule has 0 aliphatic carbocycles. The van der Waals surface area contributed by atoms with Gasteiger partial charge in [-0.2, -0.15) is 0 Å². The largest absolute Gasteiger partial charge is 0.369 e. The van der Waals surface area contributed by atoms with Gasteiger partial charge in [0.1, 0.15) is 0 Å². The number of hydrogen-bond donors (Lipinski definition) is 4. The molecule has 27 heavy (non-hydrogen) atoms. The quantitative estimate of drug-likeness (QED) is 0.337. The summed E-state index contributed by atoms with van der Waals surface area (Å²) in [7, 11) is 0. The van der Waals surface area contributed by atoms with Crippen LogP contribution in [-0.2, 0) is 0 Å². The molecule has 0 unspecified atom stereocenters. The van der Waals surface area contributed by atoms with Gasteiger partial charge in [0, 0.05) is 11.1 Å². The second-order valence-corrected chi connectivity index (χ2v) is 5.09. The van der Waals surface area contributed by atoms with E-state index in [1.165, 1.54) is 0 Å². The molecule has 8 N–H and O–H groups in total. The van der Waals surface area contributed by atoms with Gasteiger partial charge in [-0.1, -0.05) is 60.7 Å². The van der Waals surface area contributed by atoms with Gasteiger partial charge >= 0.3 is 0 Å². The summed E-state index contributed by atoms with van der Waals surface area (Å²) in [6.45, 7) is 0. The van der Waals surface area contributed by atoms with Gasteiger partial charge in [-0.25, -0.2) is 0 Å². The lowest BCUT2D eigenvalue weighted by molar-refractivity contribution is 1.20. The minimum Gasteiger partial charge on any atom is -0.369 e. The van der Waals surface area contributed by atoms with Crippen LogP contribution in [0.5, 0.6) is 0 Å². The van der Waals surface area contributed by atoms with Crippen molar-refractivity contribution in [1.82, 2.24) is 0 Å². The number of nitrogens with two attached hydrogens (primary N) is 4. The zero-order valence-electron chi connectivity index (χ0n) is 14.4. The molecule has 8 nitrogen and oxygen atoms in total. The molecule has 2 aromatic carbocycles. The van der Waals surface area contributed by atoms with Crippen LogP contribution in [0.1, 0.15) is 11.1 Å². The maximum atomic E-state index is 5.37. The molecule has 0 fully saturated rings. The van der Waals surface area contributed by atoms with Crippen LogP contribution in [0.3, 0.4) is 0 Å². The lowest BCUT2D eigenvalue weighted by atomic mass is 10.1. The second-order valence-electron chi connectivity index (χ2n) is 5.09. The zero-order chi connectivity index (χ0) is 18.8. The Hall–Kier alpha value is -3.65. The lowest BCUT2D eigenvalue weighted by Gasteiger charge is -2.02. The van der Waals surface area contributed by atoms with E-state index in [1.807, 2.05) is 60.7 Å². The summed E-state index contributed by atoms with van der Waals surface area (Å²) in [4.78, 5) is 0. The molecule has 0 spiro atoms. The monoisotopic (exact) mass is 384 g/mol. The molecule has 0 saturated heterocycles. The van der Waals surface area contributed by atoms with Crippen molar-refractivity contribution in [3.8, 4) is 0 Å². The van der Waals surface area contributed by atoms with Crippen LogP contribution in [0.4, 0.5) is 0 Å². The second kappa shape index (κ2) is 11.1. The highest BCUT2D eigenvalue weighted by atomic mass is 35.5. The first-order valence-corrected chi connectivity index (χ1v) is 7.68. The van der Waals surface area contributed by atoms with Gasteiger partial charge in [-0.15, -0.1) is 32.8 Å². The van der Waals surface area contributed by atoms with E-state index in [-0.39, 0.29) is 24.3 Å². The maximum Gasteiger partial charge on any atom is 0.211 e. The minimum absolute atomic E-state index is 0. The Balaban J connectivity index is 0.00000364. The van der Waals surface area contributed by atoms with Crippen LogP contribution in [-0.4, -0.2) is 23.3 Å². The number of halogens is 1. The molecule has 0 heterocycles. The highest BCUT2D eigenvalue weighted by molar-refractivity contribution is 6.16. The molecule has 9 heteroatoms. The van der Waals surface area contributed by atoms with Crippen LogP contribution in [0.25, 0.3) is 0 Å². The molecule has 2 rings (SSSR count). The molecule has 0 bridgehead atoms. The lowest BCUT2D eigenvalue weighted by Crippen LogP contribution is -2.22. The highest BCUT2D eigenvalue weighted by Crippen LogP contribution is 2.07. The molecule has 140 valence electrons. The van der Waals surface area contributed by atoms with Crippen molar-refractivity contribution in [2.75, 3.05) is 0 Å². The normalized spacial score (nSPS) is 11.6. The average Bonchev–Trinajstić information content (AvgIpc) is 2.65. The average molecular weight is 385 g/mol. The topological polar surface area (TPSA) is 154 Å². The number of nitrogens with zero attached hydrogens (tertiary/aromatic N) is 4. The third-order valence-corrected chi connectivity index (χ3v) is 3.08. The van der Waals surface area contributed by atoms with E-state index in [0.29, 0.717) is 11.4 Å². The molecule has 0 amide bonds. The zero-order valence-corrected chi connectivity index (χ0v) is 15.3. The van der Waals surface area contributed by atoms with Gasteiger partial charge in [0.05, 0.1) is 11.4 Å². The molecule has 0 aromatic heterocycles. The first-order valence-electron chi connectivity index (χ1n) is 7.68. The van der Waals surface area contributed by atoms with Crippen LogP contribution >= 0.6 is 12.4 Å². The Labute approximate surface area is 163 Å². The van der Waals surface area contributed by atoms with Crippen molar-refractivity contribution in [2.24, 2.45) is 43.3 Å².